The highest BCUT2D eigenvalue weighted by atomic mass is 16.5. The largest absolute Gasteiger partial charge is 0.478 e. The molecule has 4 nitrogen and oxygen atoms in total. The number of aromatic carboxylic acids is 1. The molecule has 0 heterocycles. The van der Waals surface area contributed by atoms with E-state index >= 15 is 0 Å². The molecule has 3 N–H and O–H groups in total. The molecule has 0 aliphatic heterocycles. The number of carboxylic acids is 1. The van der Waals surface area contributed by atoms with Crippen molar-refractivity contribution in [2.75, 3.05) is 0 Å². The van der Waals surface area contributed by atoms with E-state index in [1.54, 1.807) is 0 Å². The Morgan fingerprint density at radius 1 is 1.43 bits per heavy atom. The zero-order valence-electron chi connectivity index (χ0n) is 7.14. The van der Waals surface area contributed by atoms with Crippen LogP contribution in [0.5, 0.6) is 0 Å². The van der Waals surface area contributed by atoms with Crippen molar-refractivity contribution in [1.29, 1.82) is 0 Å². The maximum atomic E-state index is 10.7. The molecule has 0 radical (unpaired) electrons. The molecule has 1 rings (SSSR count). The molecule has 14 heavy (non-hydrogen) atoms. The van der Waals surface area contributed by atoms with E-state index in [2.05, 4.69) is 5.92 Å². The van der Waals surface area contributed by atoms with Gasteiger partial charge in [0.15, 0.2) is 6.29 Å². The topological polar surface area (TPSA) is 77.8 Å². The average molecular weight is 192 g/mol. The SMILES string of the molecule is C#Cc1ccc(C(=O)O)c(C(O)O)c1. The number of benzene rings is 1. The summed E-state index contributed by atoms with van der Waals surface area (Å²) in [5.74, 6) is 1.05. The zero-order chi connectivity index (χ0) is 10.7. The molecule has 1 aromatic rings. The molecular formula is C10H8O4. The third-order valence-corrected chi connectivity index (χ3v) is 1.73. The van der Waals surface area contributed by atoms with Crippen LogP contribution >= 0.6 is 0 Å². The average Bonchev–Trinajstić information content (AvgIpc) is 2.16. The van der Waals surface area contributed by atoms with Crippen molar-refractivity contribution in [3.05, 3.63) is 34.9 Å². The number of hydrogen-bond donors (Lipinski definition) is 3. The van der Waals surface area contributed by atoms with E-state index in [9.17, 15) is 4.79 Å². The number of carbonyl (C=O) groups is 1. The molecule has 4 heteroatoms. The molecule has 0 unspecified atom stereocenters. The number of aliphatic hydroxyl groups is 2. The molecule has 0 atom stereocenters. The number of rotatable bonds is 2. The van der Waals surface area contributed by atoms with Crippen LogP contribution in [0.2, 0.25) is 0 Å². The summed E-state index contributed by atoms with van der Waals surface area (Å²) in [4.78, 5) is 10.7. The zero-order valence-corrected chi connectivity index (χ0v) is 7.14. The predicted molar refractivity (Wildman–Crippen MR) is 48.5 cm³/mol. The summed E-state index contributed by atoms with van der Waals surface area (Å²) in [7, 11) is 0. The highest BCUT2D eigenvalue weighted by Crippen LogP contribution is 2.17. The van der Waals surface area contributed by atoms with Crippen LogP contribution in [0, 0.1) is 12.3 Å². The quantitative estimate of drug-likeness (QED) is 0.466. The first kappa shape index (κ1) is 10.3. The molecule has 1 aromatic carbocycles. The molecule has 0 amide bonds. The third kappa shape index (κ3) is 1.91. The maximum Gasteiger partial charge on any atom is 0.336 e. The van der Waals surface area contributed by atoms with Gasteiger partial charge in [-0.2, -0.15) is 0 Å². The van der Waals surface area contributed by atoms with Gasteiger partial charge < -0.3 is 15.3 Å². The van der Waals surface area contributed by atoms with Gasteiger partial charge in [-0.15, -0.1) is 6.42 Å². The lowest BCUT2D eigenvalue weighted by Gasteiger charge is -2.08. The van der Waals surface area contributed by atoms with Crippen molar-refractivity contribution < 1.29 is 20.1 Å². The fraction of sp³-hybridized carbons (Fsp3) is 0.100. The minimum atomic E-state index is -1.84. The lowest BCUT2D eigenvalue weighted by molar-refractivity contribution is -0.0432. The van der Waals surface area contributed by atoms with Crippen LogP contribution in [0.25, 0.3) is 0 Å². The smallest absolute Gasteiger partial charge is 0.336 e. The third-order valence-electron chi connectivity index (χ3n) is 1.73. The van der Waals surface area contributed by atoms with E-state index in [1.807, 2.05) is 0 Å². The summed E-state index contributed by atoms with van der Waals surface area (Å²) in [6, 6.07) is 3.93. The van der Waals surface area contributed by atoms with Gasteiger partial charge in [-0.05, 0) is 18.2 Å². The van der Waals surface area contributed by atoms with E-state index in [0.717, 1.165) is 0 Å². The van der Waals surface area contributed by atoms with Crippen molar-refractivity contribution in [3.63, 3.8) is 0 Å². The van der Waals surface area contributed by atoms with Crippen LogP contribution in [0.3, 0.4) is 0 Å². The first-order chi connectivity index (χ1) is 6.56. The molecule has 0 bridgehead atoms. The lowest BCUT2D eigenvalue weighted by atomic mass is 10.0. The van der Waals surface area contributed by atoms with Crippen LogP contribution < -0.4 is 0 Å². The van der Waals surface area contributed by atoms with E-state index in [-0.39, 0.29) is 11.1 Å². The Morgan fingerprint density at radius 2 is 2.07 bits per heavy atom. The minimum Gasteiger partial charge on any atom is -0.478 e. The number of carboxylic acid groups (broad SMARTS) is 1. The Labute approximate surface area is 80.4 Å². The summed E-state index contributed by atoms with van der Waals surface area (Å²) in [5, 5.41) is 26.5. The Kier molecular flexibility index (Phi) is 2.87. The maximum absolute atomic E-state index is 10.7. The van der Waals surface area contributed by atoms with E-state index in [0.29, 0.717) is 5.56 Å². The molecule has 0 spiro atoms. The predicted octanol–water partition coefficient (Wildman–Crippen LogP) is 0.349. The van der Waals surface area contributed by atoms with Gasteiger partial charge in [-0.1, -0.05) is 5.92 Å². The van der Waals surface area contributed by atoms with Gasteiger partial charge >= 0.3 is 5.97 Å². The summed E-state index contributed by atoms with van der Waals surface area (Å²) >= 11 is 0. The monoisotopic (exact) mass is 192 g/mol. The summed E-state index contributed by atoms with van der Waals surface area (Å²) in [5.41, 5.74) is 0.130. The van der Waals surface area contributed by atoms with Crippen molar-refractivity contribution >= 4 is 5.97 Å². The van der Waals surface area contributed by atoms with Gasteiger partial charge in [-0.25, -0.2) is 4.79 Å². The Balaban J connectivity index is 3.33. The Bertz CT molecular complexity index is 401. The Morgan fingerprint density at radius 3 is 2.50 bits per heavy atom. The van der Waals surface area contributed by atoms with Crippen molar-refractivity contribution in [2.24, 2.45) is 0 Å². The fourth-order valence-corrected chi connectivity index (χ4v) is 1.06. The highest BCUT2D eigenvalue weighted by molar-refractivity contribution is 5.89. The number of terminal acetylenes is 1. The van der Waals surface area contributed by atoms with E-state index < -0.39 is 12.3 Å². The van der Waals surface area contributed by atoms with Gasteiger partial charge in [0.25, 0.3) is 0 Å². The molecule has 0 aliphatic carbocycles. The summed E-state index contributed by atoms with van der Waals surface area (Å²) in [6.45, 7) is 0. The molecule has 0 saturated heterocycles. The second-order valence-corrected chi connectivity index (χ2v) is 2.63. The fourth-order valence-electron chi connectivity index (χ4n) is 1.06. The molecule has 0 aromatic heterocycles. The van der Waals surface area contributed by atoms with Gasteiger partial charge in [-0.3, -0.25) is 0 Å². The second kappa shape index (κ2) is 3.92. The standard InChI is InChI=1S/C10H8O4/c1-2-6-3-4-7(9(11)12)8(5-6)10(13)14/h1,3-5,10,13-14H,(H,11,12). The first-order valence-electron chi connectivity index (χ1n) is 3.76. The van der Waals surface area contributed by atoms with Crippen LogP contribution in [-0.2, 0) is 0 Å². The van der Waals surface area contributed by atoms with Gasteiger partial charge in [0, 0.05) is 11.1 Å². The molecule has 0 fully saturated rings. The lowest BCUT2D eigenvalue weighted by Crippen LogP contribution is -2.06. The van der Waals surface area contributed by atoms with E-state index in [4.69, 9.17) is 21.7 Å². The first-order valence-corrected chi connectivity index (χ1v) is 3.76. The van der Waals surface area contributed by atoms with Gasteiger partial charge in [0.05, 0.1) is 5.56 Å². The van der Waals surface area contributed by atoms with E-state index in [1.165, 1.54) is 18.2 Å². The van der Waals surface area contributed by atoms with Crippen molar-refractivity contribution in [1.82, 2.24) is 0 Å². The molecule has 0 saturated carbocycles. The normalized spacial score (nSPS) is 9.86. The number of aliphatic hydroxyl groups excluding tert-OH is 1. The van der Waals surface area contributed by atoms with Crippen LogP contribution in [-0.4, -0.2) is 21.3 Å². The summed E-state index contributed by atoms with van der Waals surface area (Å²) in [6.07, 6.45) is 3.25. The Hall–Kier alpha value is -1.83. The molecular weight excluding hydrogens is 184 g/mol. The van der Waals surface area contributed by atoms with Gasteiger partial charge in [0.1, 0.15) is 0 Å². The minimum absolute atomic E-state index is 0.104. The van der Waals surface area contributed by atoms with Crippen molar-refractivity contribution in [2.45, 2.75) is 6.29 Å². The molecule has 0 aliphatic rings. The molecule has 72 valence electrons. The highest BCUT2D eigenvalue weighted by Gasteiger charge is 2.14. The van der Waals surface area contributed by atoms with Crippen LogP contribution in [0.4, 0.5) is 0 Å². The van der Waals surface area contributed by atoms with Gasteiger partial charge in [0.2, 0.25) is 0 Å². The summed E-state index contributed by atoms with van der Waals surface area (Å²) < 4.78 is 0. The second-order valence-electron chi connectivity index (χ2n) is 2.63. The van der Waals surface area contributed by atoms with Crippen LogP contribution in [0.1, 0.15) is 27.8 Å². The van der Waals surface area contributed by atoms with Crippen molar-refractivity contribution in [3.8, 4) is 12.3 Å². The number of hydrogen-bond acceptors (Lipinski definition) is 3. The van der Waals surface area contributed by atoms with Crippen LogP contribution in [0.15, 0.2) is 18.2 Å².